The molecule has 0 aliphatic heterocycles. The zero-order valence-electron chi connectivity index (χ0n) is 17.6. The van der Waals surface area contributed by atoms with Crippen molar-refractivity contribution in [2.45, 2.75) is 66.2 Å². The molecule has 0 amide bonds. The Labute approximate surface area is 175 Å². The largest absolute Gasteiger partial charge is 0.473 e. The Morgan fingerprint density at radius 2 is 1.93 bits per heavy atom. The van der Waals surface area contributed by atoms with Gasteiger partial charge < -0.3 is 10.1 Å². The highest BCUT2D eigenvalue weighted by Crippen LogP contribution is 2.17. The van der Waals surface area contributed by atoms with Crippen LogP contribution in [0.1, 0.15) is 58.1 Å². The van der Waals surface area contributed by atoms with Crippen molar-refractivity contribution in [2.24, 2.45) is 4.99 Å². The molecule has 0 aliphatic rings. The first-order valence-corrected chi connectivity index (χ1v) is 10.5. The fraction of sp³-hybridized carbons (Fsp3) is 0.478. The third-order valence-electron chi connectivity index (χ3n) is 4.09. The first-order chi connectivity index (χ1) is 13.6. The highest BCUT2D eigenvalue weighted by Gasteiger charge is 2.03. The van der Waals surface area contributed by atoms with Crippen LogP contribution in [-0.2, 0) is 13.2 Å². The number of ether oxygens (including phenoxy) is 1. The lowest BCUT2D eigenvalue weighted by Crippen LogP contribution is -2.14. The number of hydrogen-bond donors (Lipinski definition) is 1. The van der Waals surface area contributed by atoms with E-state index in [1.165, 1.54) is 12.8 Å². The summed E-state index contributed by atoms with van der Waals surface area (Å²) >= 11 is 6.05. The van der Waals surface area contributed by atoms with Gasteiger partial charge in [0.15, 0.2) is 0 Å². The van der Waals surface area contributed by atoms with E-state index in [1.807, 2.05) is 55.6 Å². The van der Waals surface area contributed by atoms with Gasteiger partial charge in [0.1, 0.15) is 11.8 Å². The topological polar surface area (TPSA) is 46.5 Å². The molecule has 1 aromatic heterocycles. The van der Waals surface area contributed by atoms with Gasteiger partial charge in [0.05, 0.1) is 0 Å². The van der Waals surface area contributed by atoms with Crippen LogP contribution in [0.15, 0.2) is 47.5 Å². The van der Waals surface area contributed by atoms with Crippen molar-refractivity contribution in [3.63, 3.8) is 0 Å². The molecule has 0 fully saturated rings. The van der Waals surface area contributed by atoms with Crippen LogP contribution < -0.4 is 10.1 Å². The second-order valence-electron chi connectivity index (χ2n) is 6.61. The van der Waals surface area contributed by atoms with Gasteiger partial charge in [0, 0.05) is 18.7 Å². The molecule has 5 heteroatoms. The van der Waals surface area contributed by atoms with E-state index in [2.05, 4.69) is 36.1 Å². The summed E-state index contributed by atoms with van der Waals surface area (Å²) in [6.45, 7) is 10.7. The van der Waals surface area contributed by atoms with Crippen LogP contribution in [0.25, 0.3) is 0 Å². The van der Waals surface area contributed by atoms with Crippen LogP contribution >= 0.6 is 11.6 Å². The number of benzene rings is 1. The maximum Gasteiger partial charge on any atom is 0.215 e. The van der Waals surface area contributed by atoms with Gasteiger partial charge in [-0.1, -0.05) is 62.2 Å². The van der Waals surface area contributed by atoms with Gasteiger partial charge >= 0.3 is 0 Å². The van der Waals surface area contributed by atoms with E-state index in [0.717, 1.165) is 30.6 Å². The number of unbranched alkanes of at least 4 members (excludes halogenated alkanes) is 1. The molecule has 4 nitrogen and oxygen atoms in total. The van der Waals surface area contributed by atoms with Crippen molar-refractivity contribution in [2.75, 3.05) is 6.54 Å². The molecule has 2 aromatic rings. The van der Waals surface area contributed by atoms with Gasteiger partial charge in [-0.15, -0.1) is 0 Å². The van der Waals surface area contributed by atoms with Crippen molar-refractivity contribution in [3.8, 4) is 5.88 Å². The lowest BCUT2D eigenvalue weighted by Gasteiger charge is -2.09. The van der Waals surface area contributed by atoms with Crippen molar-refractivity contribution in [1.82, 2.24) is 10.3 Å². The minimum Gasteiger partial charge on any atom is -0.473 e. The Bertz CT molecular complexity index is 677. The van der Waals surface area contributed by atoms with E-state index < -0.39 is 0 Å². The highest BCUT2D eigenvalue weighted by atomic mass is 35.5. The monoisotopic (exact) mass is 403 g/mol. The molecular weight excluding hydrogens is 370 g/mol. The maximum absolute atomic E-state index is 6.05. The van der Waals surface area contributed by atoms with E-state index in [1.54, 1.807) is 0 Å². The summed E-state index contributed by atoms with van der Waals surface area (Å²) in [5.41, 5.74) is 2.20. The summed E-state index contributed by atoms with van der Waals surface area (Å²) in [6.07, 6.45) is 5.37. The van der Waals surface area contributed by atoms with E-state index in [0.29, 0.717) is 23.7 Å². The number of aliphatic imine (C=N–C) groups is 1. The summed E-state index contributed by atoms with van der Waals surface area (Å²) in [7, 11) is 0. The Balaban J connectivity index is 0.000000480. The molecular formula is C23H34ClN3O. The molecule has 0 aliphatic carbocycles. The Morgan fingerprint density at radius 1 is 1.18 bits per heavy atom. The van der Waals surface area contributed by atoms with E-state index in [9.17, 15) is 0 Å². The number of pyridine rings is 1. The summed E-state index contributed by atoms with van der Waals surface area (Å²) in [5.74, 6) is 0.568. The molecule has 1 unspecified atom stereocenters. The number of halogens is 1. The van der Waals surface area contributed by atoms with Crippen LogP contribution in [0.5, 0.6) is 5.88 Å². The molecule has 1 aromatic carbocycles. The number of rotatable bonds is 10. The Hall–Kier alpha value is -1.91. The van der Waals surface area contributed by atoms with Crippen molar-refractivity contribution >= 4 is 17.8 Å². The van der Waals surface area contributed by atoms with Gasteiger partial charge in [0.2, 0.25) is 5.88 Å². The minimum absolute atomic E-state index is 0.466. The normalized spacial score (nSPS) is 11.8. The van der Waals surface area contributed by atoms with Gasteiger partial charge in [-0.05, 0) is 56.6 Å². The van der Waals surface area contributed by atoms with Crippen LogP contribution in [-0.4, -0.2) is 23.8 Å². The molecule has 1 atom stereocenters. The Morgan fingerprint density at radius 3 is 2.54 bits per heavy atom. The number of nitrogens with zero attached hydrogens (tertiary/aromatic N) is 2. The lowest BCUT2D eigenvalue weighted by atomic mass is 10.2. The summed E-state index contributed by atoms with van der Waals surface area (Å²) in [5, 5.41) is 3.85. The molecule has 1 heterocycles. The maximum atomic E-state index is 6.05. The van der Waals surface area contributed by atoms with Gasteiger partial charge in [-0.2, -0.15) is 0 Å². The number of hydrogen-bond acceptors (Lipinski definition) is 4. The van der Waals surface area contributed by atoms with Gasteiger partial charge in [-0.25, -0.2) is 4.98 Å². The second kappa shape index (κ2) is 15.1. The molecule has 2 rings (SSSR count). The average molecular weight is 404 g/mol. The van der Waals surface area contributed by atoms with E-state index >= 15 is 0 Å². The SMILES string of the molecule is CC=NC(C)CC.CCCCNCc1cc(Cl)nc(OCc2ccccc2)c1. The van der Waals surface area contributed by atoms with Crippen LogP contribution in [0.2, 0.25) is 5.15 Å². The zero-order valence-corrected chi connectivity index (χ0v) is 18.4. The van der Waals surface area contributed by atoms with E-state index in [4.69, 9.17) is 16.3 Å². The fourth-order valence-electron chi connectivity index (χ4n) is 2.32. The molecule has 0 spiro atoms. The summed E-state index contributed by atoms with van der Waals surface area (Å²) < 4.78 is 5.72. The highest BCUT2D eigenvalue weighted by molar-refractivity contribution is 6.29. The third-order valence-corrected chi connectivity index (χ3v) is 4.28. The molecule has 0 saturated heterocycles. The summed E-state index contributed by atoms with van der Waals surface area (Å²) in [4.78, 5) is 8.33. The van der Waals surface area contributed by atoms with Crippen molar-refractivity contribution in [3.05, 3.63) is 58.7 Å². The molecule has 0 saturated carbocycles. The van der Waals surface area contributed by atoms with Gasteiger partial charge in [-0.3, -0.25) is 4.99 Å². The Kier molecular flexibility index (Phi) is 13.0. The smallest absolute Gasteiger partial charge is 0.215 e. The standard InChI is InChI=1S/C17H21ClN2O.C6H13N/c1-2-3-9-19-12-15-10-16(18)20-17(11-15)21-13-14-7-5-4-6-8-14;1-4-6(3)7-5-2/h4-8,10-11,19H,2-3,9,12-13H2,1H3;5-6H,4H2,1-3H3. The van der Waals surface area contributed by atoms with Crippen LogP contribution in [0.4, 0.5) is 0 Å². The zero-order chi connectivity index (χ0) is 20.6. The minimum atomic E-state index is 0.466. The third kappa shape index (κ3) is 11.1. The lowest BCUT2D eigenvalue weighted by molar-refractivity contribution is 0.293. The molecule has 1 N–H and O–H groups in total. The van der Waals surface area contributed by atoms with Crippen LogP contribution in [0, 0.1) is 0 Å². The second-order valence-corrected chi connectivity index (χ2v) is 6.99. The van der Waals surface area contributed by atoms with Gasteiger partial charge in [0.25, 0.3) is 0 Å². The quantitative estimate of drug-likeness (QED) is 0.297. The molecule has 28 heavy (non-hydrogen) atoms. The predicted octanol–water partition coefficient (Wildman–Crippen LogP) is 6.08. The van der Waals surface area contributed by atoms with Crippen molar-refractivity contribution in [1.29, 1.82) is 0 Å². The first-order valence-electron chi connectivity index (χ1n) is 10.1. The fourth-order valence-corrected chi connectivity index (χ4v) is 2.55. The first kappa shape index (κ1) is 24.1. The molecule has 154 valence electrons. The van der Waals surface area contributed by atoms with Crippen molar-refractivity contribution < 1.29 is 4.74 Å². The van der Waals surface area contributed by atoms with E-state index in [-0.39, 0.29) is 0 Å². The van der Waals surface area contributed by atoms with Crippen LogP contribution in [0.3, 0.4) is 0 Å². The summed E-state index contributed by atoms with van der Waals surface area (Å²) in [6, 6.07) is 14.4. The number of nitrogens with one attached hydrogen (secondary N) is 1. The predicted molar refractivity (Wildman–Crippen MR) is 121 cm³/mol. The average Bonchev–Trinajstić information content (AvgIpc) is 2.71. The number of aromatic nitrogens is 1. The molecule has 0 radical (unpaired) electrons. The molecule has 0 bridgehead atoms.